The molecule has 0 spiro atoms. The lowest BCUT2D eigenvalue weighted by molar-refractivity contribution is 0.0989. The fraction of sp³-hybridized carbons (Fsp3) is 0.188. The SMILES string of the molecule is COc1ccc(C)cc1C(=O)Cc1cc(F)ccc1Br. The van der Waals surface area contributed by atoms with Crippen molar-refractivity contribution in [3.8, 4) is 5.75 Å². The number of carbonyl (C=O) groups is 1. The molecule has 2 aromatic carbocycles. The van der Waals surface area contributed by atoms with Crippen molar-refractivity contribution in [3.05, 3.63) is 63.4 Å². The van der Waals surface area contributed by atoms with Gasteiger partial charge in [-0.2, -0.15) is 0 Å². The fourth-order valence-corrected chi connectivity index (χ4v) is 2.37. The molecule has 4 heteroatoms. The van der Waals surface area contributed by atoms with Crippen LogP contribution in [-0.4, -0.2) is 12.9 Å². The summed E-state index contributed by atoms with van der Waals surface area (Å²) in [5.74, 6) is 0.0807. The maximum Gasteiger partial charge on any atom is 0.171 e. The third kappa shape index (κ3) is 3.25. The second-order valence-electron chi connectivity index (χ2n) is 4.54. The van der Waals surface area contributed by atoms with Gasteiger partial charge in [0.15, 0.2) is 5.78 Å². The van der Waals surface area contributed by atoms with Crippen LogP contribution in [0.5, 0.6) is 5.75 Å². The number of aryl methyl sites for hydroxylation is 1. The van der Waals surface area contributed by atoms with E-state index in [4.69, 9.17) is 4.74 Å². The molecule has 0 heterocycles. The van der Waals surface area contributed by atoms with Gasteiger partial charge in [0.25, 0.3) is 0 Å². The summed E-state index contributed by atoms with van der Waals surface area (Å²) in [5.41, 5.74) is 2.12. The first-order valence-corrected chi connectivity index (χ1v) is 6.92. The van der Waals surface area contributed by atoms with Gasteiger partial charge in [0.05, 0.1) is 12.7 Å². The minimum atomic E-state index is -0.354. The molecule has 2 rings (SSSR count). The topological polar surface area (TPSA) is 26.3 Å². The summed E-state index contributed by atoms with van der Waals surface area (Å²) in [4.78, 5) is 12.4. The number of hydrogen-bond donors (Lipinski definition) is 0. The van der Waals surface area contributed by atoms with Crippen molar-refractivity contribution in [2.45, 2.75) is 13.3 Å². The molecule has 0 aliphatic heterocycles. The molecule has 0 bridgehead atoms. The van der Waals surface area contributed by atoms with Crippen LogP contribution in [0.15, 0.2) is 40.9 Å². The number of carbonyl (C=O) groups excluding carboxylic acids is 1. The van der Waals surface area contributed by atoms with E-state index in [0.717, 1.165) is 10.0 Å². The van der Waals surface area contributed by atoms with E-state index in [-0.39, 0.29) is 18.0 Å². The van der Waals surface area contributed by atoms with E-state index >= 15 is 0 Å². The van der Waals surface area contributed by atoms with E-state index < -0.39 is 0 Å². The molecule has 0 amide bonds. The normalized spacial score (nSPS) is 10.4. The van der Waals surface area contributed by atoms with Gasteiger partial charge in [0.1, 0.15) is 11.6 Å². The van der Waals surface area contributed by atoms with E-state index in [2.05, 4.69) is 15.9 Å². The Labute approximate surface area is 125 Å². The zero-order valence-corrected chi connectivity index (χ0v) is 12.8. The van der Waals surface area contributed by atoms with Crippen molar-refractivity contribution < 1.29 is 13.9 Å². The van der Waals surface area contributed by atoms with Crippen molar-refractivity contribution in [2.24, 2.45) is 0 Å². The van der Waals surface area contributed by atoms with Crippen LogP contribution >= 0.6 is 15.9 Å². The first-order chi connectivity index (χ1) is 9.51. The van der Waals surface area contributed by atoms with E-state index in [1.165, 1.54) is 19.2 Å². The summed E-state index contributed by atoms with van der Waals surface area (Å²) in [6, 6.07) is 9.76. The van der Waals surface area contributed by atoms with Crippen molar-refractivity contribution >= 4 is 21.7 Å². The van der Waals surface area contributed by atoms with E-state index in [0.29, 0.717) is 16.9 Å². The van der Waals surface area contributed by atoms with Gasteiger partial charge in [-0.25, -0.2) is 4.39 Å². The molecule has 0 aliphatic rings. The zero-order valence-electron chi connectivity index (χ0n) is 11.2. The zero-order chi connectivity index (χ0) is 14.7. The third-order valence-corrected chi connectivity index (χ3v) is 3.79. The molecule has 0 N–H and O–H groups in total. The average Bonchev–Trinajstić information content (AvgIpc) is 2.42. The highest BCUT2D eigenvalue weighted by Crippen LogP contribution is 2.24. The maximum atomic E-state index is 13.3. The predicted octanol–water partition coefficient (Wildman–Crippen LogP) is 4.33. The Morgan fingerprint density at radius 2 is 2.00 bits per heavy atom. The number of halogens is 2. The highest BCUT2D eigenvalue weighted by molar-refractivity contribution is 9.10. The molecular weight excluding hydrogens is 323 g/mol. The summed E-state index contributed by atoms with van der Waals surface area (Å²) in [6.07, 6.45) is 0.123. The second-order valence-corrected chi connectivity index (χ2v) is 5.39. The van der Waals surface area contributed by atoms with Crippen LogP contribution in [0.25, 0.3) is 0 Å². The smallest absolute Gasteiger partial charge is 0.171 e. The molecule has 0 aliphatic carbocycles. The highest BCUT2D eigenvalue weighted by atomic mass is 79.9. The number of benzene rings is 2. The van der Waals surface area contributed by atoms with E-state index in [1.807, 2.05) is 13.0 Å². The number of rotatable bonds is 4. The van der Waals surface area contributed by atoms with Gasteiger partial charge in [-0.3, -0.25) is 4.79 Å². The van der Waals surface area contributed by atoms with Gasteiger partial charge < -0.3 is 4.74 Å². The minimum Gasteiger partial charge on any atom is -0.496 e. The second kappa shape index (κ2) is 6.18. The fourth-order valence-electron chi connectivity index (χ4n) is 1.99. The summed E-state index contributed by atoms with van der Waals surface area (Å²) in [5, 5.41) is 0. The average molecular weight is 337 g/mol. The lowest BCUT2D eigenvalue weighted by atomic mass is 10.0. The van der Waals surface area contributed by atoms with Gasteiger partial charge in [-0.15, -0.1) is 0 Å². The van der Waals surface area contributed by atoms with Crippen molar-refractivity contribution in [1.29, 1.82) is 0 Å². The molecule has 0 radical (unpaired) electrons. The Morgan fingerprint density at radius 1 is 1.25 bits per heavy atom. The molecule has 0 saturated heterocycles. The maximum absolute atomic E-state index is 13.3. The lowest BCUT2D eigenvalue weighted by Crippen LogP contribution is -2.07. The highest BCUT2D eigenvalue weighted by Gasteiger charge is 2.15. The molecule has 104 valence electrons. The van der Waals surface area contributed by atoms with Crippen molar-refractivity contribution in [3.63, 3.8) is 0 Å². The number of ketones is 1. The van der Waals surface area contributed by atoms with Gasteiger partial charge in [0.2, 0.25) is 0 Å². The van der Waals surface area contributed by atoms with Crippen LogP contribution in [0.2, 0.25) is 0 Å². The molecule has 0 fully saturated rings. The van der Waals surface area contributed by atoms with Gasteiger partial charge in [0, 0.05) is 10.9 Å². The van der Waals surface area contributed by atoms with Crippen LogP contribution in [0.4, 0.5) is 4.39 Å². The summed E-state index contributed by atoms with van der Waals surface area (Å²) in [7, 11) is 1.53. The van der Waals surface area contributed by atoms with Crippen LogP contribution in [0.3, 0.4) is 0 Å². The number of hydrogen-bond acceptors (Lipinski definition) is 2. The Balaban J connectivity index is 2.32. The minimum absolute atomic E-state index is 0.100. The lowest BCUT2D eigenvalue weighted by Gasteiger charge is -2.09. The Hall–Kier alpha value is -1.68. The predicted molar refractivity (Wildman–Crippen MR) is 79.9 cm³/mol. The molecule has 2 aromatic rings. The molecule has 20 heavy (non-hydrogen) atoms. The number of ether oxygens (including phenoxy) is 1. The van der Waals surface area contributed by atoms with Crippen LogP contribution in [0.1, 0.15) is 21.5 Å². The van der Waals surface area contributed by atoms with Crippen molar-refractivity contribution in [2.75, 3.05) is 7.11 Å². The van der Waals surface area contributed by atoms with Crippen molar-refractivity contribution in [1.82, 2.24) is 0 Å². The van der Waals surface area contributed by atoms with E-state index in [1.54, 1.807) is 18.2 Å². The van der Waals surface area contributed by atoms with Crippen LogP contribution in [0, 0.1) is 12.7 Å². The van der Waals surface area contributed by atoms with Crippen LogP contribution < -0.4 is 4.74 Å². The standard InChI is InChI=1S/C16H14BrFO2/c1-10-3-6-16(20-2)13(7-10)15(19)9-11-8-12(18)4-5-14(11)17/h3-8H,9H2,1-2H3. The largest absolute Gasteiger partial charge is 0.496 e. The summed E-state index contributed by atoms with van der Waals surface area (Å²) < 4.78 is 19.2. The number of Topliss-reactive ketones (excluding diaryl/α,β-unsaturated/α-hetero) is 1. The Morgan fingerprint density at radius 3 is 2.70 bits per heavy atom. The first kappa shape index (κ1) is 14.7. The van der Waals surface area contributed by atoms with E-state index in [9.17, 15) is 9.18 Å². The molecule has 0 saturated carbocycles. The molecular formula is C16H14BrFO2. The van der Waals surface area contributed by atoms with Crippen LogP contribution in [-0.2, 0) is 6.42 Å². The third-order valence-electron chi connectivity index (χ3n) is 3.01. The monoisotopic (exact) mass is 336 g/mol. The number of methoxy groups -OCH3 is 1. The molecule has 2 nitrogen and oxygen atoms in total. The van der Waals surface area contributed by atoms with Gasteiger partial charge in [-0.1, -0.05) is 27.6 Å². The molecule has 0 unspecified atom stereocenters. The van der Waals surface area contributed by atoms with Gasteiger partial charge >= 0.3 is 0 Å². The van der Waals surface area contributed by atoms with Gasteiger partial charge in [-0.05, 0) is 42.8 Å². The Kier molecular flexibility index (Phi) is 4.55. The first-order valence-electron chi connectivity index (χ1n) is 6.13. The molecule has 0 aromatic heterocycles. The summed E-state index contributed by atoms with van der Waals surface area (Å²) >= 11 is 3.33. The Bertz CT molecular complexity index is 653. The summed E-state index contributed by atoms with van der Waals surface area (Å²) in [6.45, 7) is 1.91. The quantitative estimate of drug-likeness (QED) is 0.776. The molecule has 0 atom stereocenters.